The van der Waals surface area contributed by atoms with Crippen molar-refractivity contribution < 1.29 is 0 Å². The normalized spacial score (nSPS) is 17.0. The number of hydrogen-bond acceptors (Lipinski definition) is 2. The fourth-order valence-electron chi connectivity index (χ4n) is 3.63. The molecule has 24 heavy (non-hydrogen) atoms. The lowest BCUT2D eigenvalue weighted by Crippen LogP contribution is -2.38. The predicted molar refractivity (Wildman–Crippen MR) is 106 cm³/mol. The van der Waals surface area contributed by atoms with E-state index in [9.17, 15) is 0 Å². The quantitative estimate of drug-likeness (QED) is 0.402. The topological polar surface area (TPSA) is 6.48 Å². The van der Waals surface area contributed by atoms with Gasteiger partial charge in [0.1, 0.15) is 6.17 Å². The van der Waals surface area contributed by atoms with Crippen molar-refractivity contribution in [1.29, 1.82) is 0 Å². The van der Waals surface area contributed by atoms with Gasteiger partial charge in [-0.25, -0.2) is 0 Å². The fraction of sp³-hybridized carbons (Fsp3) is 0.636. The van der Waals surface area contributed by atoms with E-state index >= 15 is 0 Å². The summed E-state index contributed by atoms with van der Waals surface area (Å²) in [5, 5.41) is 0. The van der Waals surface area contributed by atoms with Gasteiger partial charge in [0.2, 0.25) is 0 Å². The Hall–Kier alpha value is -1.44. The smallest absolute Gasteiger partial charge is 0.105 e. The van der Waals surface area contributed by atoms with Crippen molar-refractivity contribution in [1.82, 2.24) is 4.90 Å². The van der Waals surface area contributed by atoms with Crippen LogP contribution in [0, 0.1) is 0 Å². The van der Waals surface area contributed by atoms with Crippen molar-refractivity contribution in [2.45, 2.75) is 84.2 Å². The third-order valence-corrected chi connectivity index (χ3v) is 5.06. The Labute approximate surface area is 149 Å². The van der Waals surface area contributed by atoms with E-state index < -0.39 is 0 Å². The van der Waals surface area contributed by atoms with E-state index in [0.29, 0.717) is 6.17 Å². The van der Waals surface area contributed by atoms with Crippen LogP contribution in [0.1, 0.15) is 78.1 Å². The van der Waals surface area contributed by atoms with E-state index in [1.54, 1.807) is 0 Å². The maximum Gasteiger partial charge on any atom is 0.105 e. The molecule has 2 rings (SSSR count). The molecule has 1 unspecified atom stereocenters. The summed E-state index contributed by atoms with van der Waals surface area (Å²) in [6, 6.07) is 10.7. The molecule has 0 aliphatic carbocycles. The number of rotatable bonds is 12. The minimum absolute atomic E-state index is 0.487. The molecule has 1 aliphatic heterocycles. The van der Waals surface area contributed by atoms with E-state index in [-0.39, 0.29) is 0 Å². The number of nitrogens with zero attached hydrogens (tertiary/aromatic N) is 2. The Morgan fingerprint density at radius 2 is 1.38 bits per heavy atom. The zero-order valence-corrected chi connectivity index (χ0v) is 15.8. The van der Waals surface area contributed by atoms with E-state index in [1.165, 1.54) is 70.0 Å². The van der Waals surface area contributed by atoms with Crippen LogP contribution < -0.4 is 4.90 Å². The first kappa shape index (κ1) is 18.9. The van der Waals surface area contributed by atoms with Crippen LogP contribution in [0.3, 0.4) is 0 Å². The number of hydrogen-bond donors (Lipinski definition) is 0. The molecule has 0 spiro atoms. The van der Waals surface area contributed by atoms with Crippen molar-refractivity contribution in [3.05, 3.63) is 42.7 Å². The molecule has 0 saturated heterocycles. The molecular weight excluding hydrogens is 292 g/mol. The molecular formula is C22H36N2. The fourth-order valence-corrected chi connectivity index (χ4v) is 3.63. The van der Waals surface area contributed by atoms with Gasteiger partial charge in [-0.2, -0.15) is 0 Å². The Bertz CT molecular complexity index is 454. The van der Waals surface area contributed by atoms with Gasteiger partial charge in [-0.05, 0) is 25.0 Å². The lowest BCUT2D eigenvalue weighted by atomic mass is 10.1. The summed E-state index contributed by atoms with van der Waals surface area (Å²) in [6.45, 7) is 5.76. The van der Waals surface area contributed by atoms with Gasteiger partial charge in [0.15, 0.2) is 0 Å². The van der Waals surface area contributed by atoms with Gasteiger partial charge < -0.3 is 9.80 Å². The van der Waals surface area contributed by atoms with Gasteiger partial charge >= 0.3 is 0 Å². The molecule has 0 bridgehead atoms. The molecule has 1 heterocycles. The van der Waals surface area contributed by atoms with Crippen LogP contribution in [0.25, 0.3) is 0 Å². The van der Waals surface area contributed by atoms with Gasteiger partial charge in [-0.15, -0.1) is 0 Å². The van der Waals surface area contributed by atoms with E-state index in [2.05, 4.69) is 66.4 Å². The summed E-state index contributed by atoms with van der Waals surface area (Å²) in [7, 11) is 0. The molecule has 0 amide bonds. The van der Waals surface area contributed by atoms with Crippen molar-refractivity contribution in [2.24, 2.45) is 0 Å². The highest BCUT2D eigenvalue weighted by molar-refractivity contribution is 5.51. The summed E-state index contributed by atoms with van der Waals surface area (Å²) >= 11 is 0. The van der Waals surface area contributed by atoms with Crippen molar-refractivity contribution in [3.63, 3.8) is 0 Å². The van der Waals surface area contributed by atoms with E-state index in [4.69, 9.17) is 0 Å². The lowest BCUT2D eigenvalue weighted by molar-refractivity contribution is 0.285. The molecule has 0 fully saturated rings. The minimum atomic E-state index is 0.487. The molecule has 2 heteroatoms. The van der Waals surface area contributed by atoms with Crippen LogP contribution in [0.15, 0.2) is 42.7 Å². The lowest BCUT2D eigenvalue weighted by Gasteiger charge is -2.32. The van der Waals surface area contributed by atoms with Crippen LogP contribution in [0.4, 0.5) is 5.69 Å². The van der Waals surface area contributed by atoms with Gasteiger partial charge in [-0.1, -0.05) is 83.4 Å². The average Bonchev–Trinajstić information content (AvgIpc) is 3.04. The molecule has 0 radical (unpaired) electrons. The van der Waals surface area contributed by atoms with Crippen LogP contribution >= 0.6 is 0 Å². The number of benzene rings is 1. The zero-order valence-electron chi connectivity index (χ0n) is 15.8. The summed E-state index contributed by atoms with van der Waals surface area (Å²) in [5.41, 5.74) is 1.30. The molecule has 1 aliphatic rings. The molecule has 1 aromatic carbocycles. The van der Waals surface area contributed by atoms with Gasteiger partial charge in [0.25, 0.3) is 0 Å². The summed E-state index contributed by atoms with van der Waals surface area (Å²) in [4.78, 5) is 4.93. The second-order valence-electron chi connectivity index (χ2n) is 7.00. The highest BCUT2D eigenvalue weighted by Crippen LogP contribution is 2.26. The summed E-state index contributed by atoms with van der Waals surface area (Å²) in [5.74, 6) is 0. The van der Waals surface area contributed by atoms with Crippen molar-refractivity contribution >= 4 is 5.69 Å². The first-order valence-electron chi connectivity index (χ1n) is 10.1. The third kappa shape index (κ3) is 5.89. The second kappa shape index (κ2) is 11.2. The van der Waals surface area contributed by atoms with Crippen LogP contribution in [-0.4, -0.2) is 17.6 Å². The Balaban J connectivity index is 1.62. The number of anilines is 1. The molecule has 0 saturated carbocycles. The first-order valence-corrected chi connectivity index (χ1v) is 10.1. The number of unbranched alkanes of at least 4 members (excludes halogenated alkanes) is 8. The Morgan fingerprint density at radius 1 is 0.750 bits per heavy atom. The van der Waals surface area contributed by atoms with Crippen LogP contribution in [0.5, 0.6) is 0 Å². The maximum atomic E-state index is 2.52. The SMILES string of the molecule is CCCCCCCCCCCN1C=CN(c2ccccc2)C1CC. The Kier molecular flexibility index (Phi) is 8.80. The highest BCUT2D eigenvalue weighted by atomic mass is 15.4. The van der Waals surface area contributed by atoms with Gasteiger partial charge in [0.05, 0.1) is 0 Å². The molecule has 0 aromatic heterocycles. The maximum absolute atomic E-state index is 2.52. The minimum Gasteiger partial charge on any atom is -0.356 e. The molecule has 1 atom stereocenters. The van der Waals surface area contributed by atoms with E-state index in [0.717, 1.165) is 6.42 Å². The zero-order chi connectivity index (χ0) is 17.0. The number of para-hydroxylation sites is 1. The Morgan fingerprint density at radius 3 is 2.00 bits per heavy atom. The average molecular weight is 329 g/mol. The molecule has 134 valence electrons. The highest BCUT2D eigenvalue weighted by Gasteiger charge is 2.24. The van der Waals surface area contributed by atoms with Crippen LogP contribution in [-0.2, 0) is 0 Å². The van der Waals surface area contributed by atoms with Crippen molar-refractivity contribution in [2.75, 3.05) is 11.4 Å². The monoisotopic (exact) mass is 328 g/mol. The summed E-state index contributed by atoms with van der Waals surface area (Å²) in [6.07, 6.45) is 18.8. The largest absolute Gasteiger partial charge is 0.356 e. The molecule has 1 aromatic rings. The first-order chi connectivity index (χ1) is 11.9. The predicted octanol–water partition coefficient (Wildman–Crippen LogP) is 6.55. The van der Waals surface area contributed by atoms with E-state index in [1.807, 2.05) is 0 Å². The molecule has 2 nitrogen and oxygen atoms in total. The van der Waals surface area contributed by atoms with Gasteiger partial charge in [0, 0.05) is 24.6 Å². The standard InChI is InChI=1S/C22H36N2/c1-3-5-6-7-8-9-10-11-15-18-23-19-20-24(22(23)4-2)21-16-13-12-14-17-21/h12-14,16-17,19-20,22H,3-11,15,18H2,1-2H3. The van der Waals surface area contributed by atoms with Crippen molar-refractivity contribution in [3.8, 4) is 0 Å². The van der Waals surface area contributed by atoms with Gasteiger partial charge in [-0.3, -0.25) is 0 Å². The third-order valence-electron chi connectivity index (χ3n) is 5.06. The second-order valence-corrected chi connectivity index (χ2v) is 7.00. The molecule has 0 N–H and O–H groups in total. The summed E-state index contributed by atoms with van der Waals surface area (Å²) < 4.78 is 0. The van der Waals surface area contributed by atoms with Crippen LogP contribution in [0.2, 0.25) is 0 Å².